The summed E-state index contributed by atoms with van der Waals surface area (Å²) in [6.45, 7) is 8.21. The van der Waals surface area contributed by atoms with Crippen LogP contribution in [0, 0.1) is 6.92 Å². The highest BCUT2D eigenvalue weighted by molar-refractivity contribution is 5.79. The van der Waals surface area contributed by atoms with Gasteiger partial charge in [-0.1, -0.05) is 6.58 Å². The van der Waals surface area contributed by atoms with Crippen molar-refractivity contribution in [3.8, 4) is 0 Å². The van der Waals surface area contributed by atoms with Crippen LogP contribution in [0.3, 0.4) is 0 Å². The van der Waals surface area contributed by atoms with Gasteiger partial charge in [0.1, 0.15) is 17.4 Å². The summed E-state index contributed by atoms with van der Waals surface area (Å²) in [5.74, 6) is 0.662. The molecule has 5 rings (SSSR count). The Labute approximate surface area is 195 Å². The molecule has 0 aromatic carbocycles. The van der Waals surface area contributed by atoms with Crippen molar-refractivity contribution in [3.05, 3.63) is 53.8 Å². The second kappa shape index (κ2) is 8.65. The molecule has 1 aliphatic carbocycles. The predicted octanol–water partition coefficient (Wildman–Crippen LogP) is 4.88. The molecule has 1 saturated heterocycles. The molecule has 0 unspecified atom stereocenters. The number of anilines is 1. The lowest BCUT2D eigenvalue weighted by Gasteiger charge is -2.37. The van der Waals surface area contributed by atoms with Crippen molar-refractivity contribution in [1.82, 2.24) is 24.7 Å². The zero-order chi connectivity index (χ0) is 24.0. The minimum absolute atomic E-state index is 0.0578. The molecule has 1 aliphatic heterocycles. The molecule has 2 atom stereocenters. The lowest BCUT2D eigenvalue weighted by atomic mass is 10.1. The van der Waals surface area contributed by atoms with E-state index < -0.39 is 11.7 Å². The molecular formula is C24H27F3N6O. The first-order chi connectivity index (χ1) is 16.2. The lowest BCUT2D eigenvalue weighted by Crippen LogP contribution is -2.43. The third-order valence-corrected chi connectivity index (χ3v) is 6.27. The summed E-state index contributed by atoms with van der Waals surface area (Å²) in [5.41, 5.74) is 2.60. The quantitative estimate of drug-likeness (QED) is 0.476. The van der Waals surface area contributed by atoms with Crippen LogP contribution >= 0.6 is 0 Å². The van der Waals surface area contributed by atoms with E-state index in [2.05, 4.69) is 32.7 Å². The molecule has 3 aromatic rings. The number of morpholine rings is 1. The van der Waals surface area contributed by atoms with Gasteiger partial charge in [-0.15, -0.1) is 0 Å². The Morgan fingerprint density at radius 2 is 2.00 bits per heavy atom. The monoisotopic (exact) mass is 472 g/mol. The Morgan fingerprint density at radius 1 is 1.21 bits per heavy atom. The number of aromatic nitrogens is 5. The van der Waals surface area contributed by atoms with Gasteiger partial charge in [0.25, 0.3) is 0 Å². The standard InChI is InChI=1S/C24H27F3N6O/c1-14(24(25,26)27)4-7-19-23-20(30-15(2)9-28-23)8-22(31-19)32-11-16(3)34-21(13-32)17-10-29-33(12-17)18-5-6-18/h8-10,12,16,18,21H,1,4-7,11,13H2,2-3H3/t16-,21-/m0/s1. The average molecular weight is 473 g/mol. The van der Waals surface area contributed by atoms with Crippen LogP contribution in [-0.4, -0.2) is 50.1 Å². The van der Waals surface area contributed by atoms with E-state index in [4.69, 9.17) is 9.72 Å². The van der Waals surface area contributed by atoms with Crippen molar-refractivity contribution < 1.29 is 17.9 Å². The van der Waals surface area contributed by atoms with Gasteiger partial charge in [0.05, 0.1) is 41.8 Å². The van der Waals surface area contributed by atoms with E-state index in [1.807, 2.05) is 30.8 Å². The average Bonchev–Trinajstić information content (AvgIpc) is 3.52. The number of hydrogen-bond donors (Lipinski definition) is 0. The molecule has 0 bridgehead atoms. The maximum Gasteiger partial charge on any atom is 0.412 e. The third kappa shape index (κ3) is 4.77. The fourth-order valence-corrected chi connectivity index (χ4v) is 4.29. The molecule has 3 aromatic heterocycles. The molecule has 1 saturated carbocycles. The number of fused-ring (bicyclic) bond motifs is 1. The molecule has 7 nitrogen and oxygen atoms in total. The van der Waals surface area contributed by atoms with Crippen LogP contribution in [0.1, 0.15) is 55.3 Å². The summed E-state index contributed by atoms with van der Waals surface area (Å²) < 4.78 is 47.2. The maximum absolute atomic E-state index is 13.0. The second-order valence-corrected chi connectivity index (χ2v) is 9.23. The zero-order valence-corrected chi connectivity index (χ0v) is 19.2. The van der Waals surface area contributed by atoms with E-state index in [1.165, 1.54) is 0 Å². The maximum atomic E-state index is 13.0. The summed E-state index contributed by atoms with van der Waals surface area (Å²) in [6.07, 6.45) is 3.00. The number of hydrogen-bond acceptors (Lipinski definition) is 6. The molecule has 4 heterocycles. The van der Waals surface area contributed by atoms with Gasteiger partial charge in [-0.25, -0.2) is 9.97 Å². The topological polar surface area (TPSA) is 69.0 Å². The Morgan fingerprint density at radius 3 is 2.74 bits per heavy atom. The number of pyridine rings is 1. The van der Waals surface area contributed by atoms with Crippen LogP contribution in [-0.2, 0) is 11.2 Å². The fraction of sp³-hybridized carbons (Fsp3) is 0.500. The molecular weight excluding hydrogens is 445 g/mol. The van der Waals surface area contributed by atoms with E-state index >= 15 is 0 Å². The van der Waals surface area contributed by atoms with Gasteiger partial charge in [-0.05, 0) is 39.5 Å². The number of rotatable bonds is 6. The van der Waals surface area contributed by atoms with Crippen molar-refractivity contribution in [1.29, 1.82) is 0 Å². The molecule has 34 heavy (non-hydrogen) atoms. The van der Waals surface area contributed by atoms with E-state index in [0.29, 0.717) is 41.7 Å². The molecule has 2 aliphatic rings. The molecule has 0 spiro atoms. The Balaban J connectivity index is 1.44. The van der Waals surface area contributed by atoms with Gasteiger partial charge in [0, 0.05) is 36.1 Å². The van der Waals surface area contributed by atoms with Gasteiger partial charge in [-0.3, -0.25) is 9.67 Å². The van der Waals surface area contributed by atoms with Gasteiger partial charge in [-0.2, -0.15) is 18.3 Å². The highest BCUT2D eigenvalue weighted by Crippen LogP contribution is 2.36. The summed E-state index contributed by atoms with van der Waals surface area (Å²) in [5, 5.41) is 4.49. The Kier molecular flexibility index (Phi) is 5.79. The number of nitrogens with zero attached hydrogens (tertiary/aromatic N) is 6. The van der Waals surface area contributed by atoms with Crippen LogP contribution in [0.5, 0.6) is 0 Å². The van der Waals surface area contributed by atoms with Crippen LogP contribution in [0.25, 0.3) is 11.0 Å². The highest BCUT2D eigenvalue weighted by Gasteiger charge is 2.33. The van der Waals surface area contributed by atoms with Crippen molar-refractivity contribution >= 4 is 16.9 Å². The molecule has 0 N–H and O–H groups in total. The predicted molar refractivity (Wildman–Crippen MR) is 122 cm³/mol. The second-order valence-electron chi connectivity index (χ2n) is 9.23. The molecule has 0 amide bonds. The van der Waals surface area contributed by atoms with E-state index in [9.17, 15) is 13.2 Å². The zero-order valence-electron chi connectivity index (χ0n) is 19.2. The number of allylic oxidation sites excluding steroid dienone is 1. The van der Waals surface area contributed by atoms with Gasteiger partial charge < -0.3 is 9.64 Å². The van der Waals surface area contributed by atoms with E-state index in [-0.39, 0.29) is 25.0 Å². The van der Waals surface area contributed by atoms with Crippen LogP contribution in [0.2, 0.25) is 0 Å². The normalized spacial score (nSPS) is 21.3. The number of ether oxygens (including phenoxy) is 1. The summed E-state index contributed by atoms with van der Waals surface area (Å²) >= 11 is 0. The van der Waals surface area contributed by atoms with Crippen molar-refractivity contribution in [3.63, 3.8) is 0 Å². The Bertz CT molecular complexity index is 1220. The number of alkyl halides is 3. The van der Waals surface area contributed by atoms with Crippen LogP contribution in [0.15, 0.2) is 36.8 Å². The minimum Gasteiger partial charge on any atom is -0.367 e. The lowest BCUT2D eigenvalue weighted by molar-refractivity contribution is -0.0935. The largest absolute Gasteiger partial charge is 0.412 e. The van der Waals surface area contributed by atoms with Crippen LogP contribution in [0.4, 0.5) is 19.0 Å². The first-order valence-electron chi connectivity index (χ1n) is 11.5. The van der Waals surface area contributed by atoms with Crippen molar-refractivity contribution in [2.24, 2.45) is 0 Å². The number of halogens is 3. The summed E-state index contributed by atoms with van der Waals surface area (Å²) in [7, 11) is 0. The first kappa shape index (κ1) is 22.8. The summed E-state index contributed by atoms with van der Waals surface area (Å²) in [6, 6.07) is 2.35. The Hall–Kier alpha value is -3.01. The highest BCUT2D eigenvalue weighted by atomic mass is 19.4. The molecule has 180 valence electrons. The smallest absolute Gasteiger partial charge is 0.367 e. The van der Waals surface area contributed by atoms with Gasteiger partial charge >= 0.3 is 6.18 Å². The van der Waals surface area contributed by atoms with Gasteiger partial charge in [0.2, 0.25) is 0 Å². The fourth-order valence-electron chi connectivity index (χ4n) is 4.29. The van der Waals surface area contributed by atoms with E-state index in [0.717, 1.165) is 24.1 Å². The first-order valence-corrected chi connectivity index (χ1v) is 11.5. The minimum atomic E-state index is -4.42. The molecule has 10 heteroatoms. The van der Waals surface area contributed by atoms with Gasteiger partial charge in [0.15, 0.2) is 0 Å². The van der Waals surface area contributed by atoms with E-state index in [1.54, 1.807) is 6.20 Å². The van der Waals surface area contributed by atoms with Crippen LogP contribution < -0.4 is 4.90 Å². The van der Waals surface area contributed by atoms with Crippen molar-refractivity contribution in [2.75, 3.05) is 18.0 Å². The SMILES string of the molecule is C=C(CCc1nc(N2C[C@@H](c3cnn(C4CC4)c3)O[C@@H](C)C2)cc2nc(C)cnc12)C(F)(F)F. The molecule has 0 radical (unpaired) electrons. The summed E-state index contributed by atoms with van der Waals surface area (Å²) in [4.78, 5) is 15.9. The molecule has 2 fully saturated rings. The third-order valence-electron chi connectivity index (χ3n) is 6.27. The van der Waals surface area contributed by atoms with Crippen molar-refractivity contribution in [2.45, 2.75) is 64.0 Å². The number of aryl methyl sites for hydroxylation is 2.